The summed E-state index contributed by atoms with van der Waals surface area (Å²) in [5, 5.41) is 0. The molecule has 0 heterocycles. The first-order chi connectivity index (χ1) is 15.5. The molecule has 2 unspecified atom stereocenters. The van der Waals surface area contributed by atoms with Crippen LogP contribution in [0.2, 0.25) is 84.6 Å². The van der Waals surface area contributed by atoms with Gasteiger partial charge in [-0.05, 0) is 91.9 Å². The molecule has 35 heavy (non-hydrogen) atoms. The molecule has 0 rings (SSSR count). The molecule has 14 heteroatoms. The second-order valence-corrected chi connectivity index (χ2v) is 35.7. The van der Waals surface area contributed by atoms with E-state index in [9.17, 15) is 4.79 Å². The maximum Gasteiger partial charge on any atom is 0.344 e. The Morgan fingerprint density at radius 2 is 1.00 bits per heavy atom. The van der Waals surface area contributed by atoms with Gasteiger partial charge in [-0.3, -0.25) is 0 Å². The van der Waals surface area contributed by atoms with Gasteiger partial charge in [-0.15, -0.1) is 0 Å². The number of hydrogen-bond acceptors (Lipinski definition) is 8. The van der Waals surface area contributed by atoms with Gasteiger partial charge >= 0.3 is 34.2 Å². The van der Waals surface area contributed by atoms with Crippen LogP contribution in [0, 0.1) is 0 Å². The summed E-state index contributed by atoms with van der Waals surface area (Å²) in [6.45, 7) is 30.4. The summed E-state index contributed by atoms with van der Waals surface area (Å²) in [4.78, 5) is 12.3. The molecule has 8 nitrogen and oxygen atoms in total. The number of rotatable bonds is 19. The van der Waals surface area contributed by atoms with Crippen molar-refractivity contribution < 1.29 is 34.8 Å². The zero-order valence-corrected chi connectivity index (χ0v) is 31.0. The first-order valence-corrected chi connectivity index (χ1v) is 30.2. The fourth-order valence-electron chi connectivity index (χ4n) is 4.26. The van der Waals surface area contributed by atoms with Crippen molar-refractivity contribution in [3.8, 4) is 0 Å². The van der Waals surface area contributed by atoms with E-state index in [-0.39, 0.29) is 11.8 Å². The molecule has 2 atom stereocenters. The summed E-state index contributed by atoms with van der Waals surface area (Å²) in [6.07, 6.45) is 1.28. The summed E-state index contributed by atoms with van der Waals surface area (Å²) in [5.41, 5.74) is 0. The second-order valence-electron chi connectivity index (χ2n) is 12.3. The van der Waals surface area contributed by atoms with Gasteiger partial charge in [-0.1, -0.05) is 6.92 Å². The highest BCUT2D eigenvalue weighted by Crippen LogP contribution is 2.30. The number of Topliss-reactive ketones (excluding diaryl/α,β-unsaturated/α-hetero) is 1. The van der Waals surface area contributed by atoms with E-state index in [1.807, 2.05) is 26.2 Å². The summed E-state index contributed by atoms with van der Waals surface area (Å²) in [6, 6.07) is 0.237. The lowest BCUT2D eigenvalue weighted by atomic mass is 10.5. The highest BCUT2D eigenvalue weighted by molar-refractivity contribution is 6.92. The molecule has 0 aromatic heterocycles. The standard InChI is InChI=1S/C21H54O8Si6/c1-15-16-23-17-18-24-20-35(14,28-33(11,12)26-31(6,7)8)29-34(13,19-21(2)22)27-32(9,10)25-30(3,4)5/h15-20H2,1-14H3. The minimum atomic E-state index is -3.01. The lowest BCUT2D eigenvalue weighted by Gasteiger charge is -2.44. The van der Waals surface area contributed by atoms with Crippen LogP contribution >= 0.6 is 0 Å². The lowest BCUT2D eigenvalue weighted by Crippen LogP contribution is -2.63. The predicted octanol–water partition coefficient (Wildman–Crippen LogP) is 5.86. The molecule has 0 fully saturated rings. The number of ether oxygens (including phenoxy) is 2. The molecule has 0 aliphatic rings. The second kappa shape index (κ2) is 14.2. The van der Waals surface area contributed by atoms with E-state index >= 15 is 0 Å². The third kappa shape index (κ3) is 18.6. The largest absolute Gasteiger partial charge is 0.437 e. The van der Waals surface area contributed by atoms with Crippen LogP contribution in [0.15, 0.2) is 0 Å². The number of hydrogen-bond donors (Lipinski definition) is 0. The van der Waals surface area contributed by atoms with Crippen molar-refractivity contribution in [3.05, 3.63) is 0 Å². The van der Waals surface area contributed by atoms with Gasteiger partial charge in [0, 0.05) is 12.7 Å². The first kappa shape index (κ1) is 35.7. The zero-order chi connectivity index (χ0) is 27.8. The number of carbonyl (C=O) groups is 1. The average molecular weight is 603 g/mol. The maximum absolute atomic E-state index is 12.3. The van der Waals surface area contributed by atoms with Gasteiger partial charge < -0.3 is 34.8 Å². The molecule has 0 radical (unpaired) electrons. The van der Waals surface area contributed by atoms with Crippen LogP contribution in [0.1, 0.15) is 20.3 Å². The normalized spacial score (nSPS) is 17.2. The molecule has 0 aromatic carbocycles. The van der Waals surface area contributed by atoms with Crippen molar-refractivity contribution in [1.29, 1.82) is 0 Å². The molecular weight excluding hydrogens is 549 g/mol. The quantitative estimate of drug-likeness (QED) is 0.134. The Hall–Kier alpha value is 0.691. The van der Waals surface area contributed by atoms with E-state index in [0.717, 1.165) is 6.42 Å². The Kier molecular flexibility index (Phi) is 14.5. The van der Waals surface area contributed by atoms with Gasteiger partial charge in [0.2, 0.25) is 0 Å². The molecule has 0 N–H and O–H groups in total. The van der Waals surface area contributed by atoms with Crippen molar-refractivity contribution in [1.82, 2.24) is 0 Å². The molecule has 0 aliphatic heterocycles. The van der Waals surface area contributed by atoms with Crippen LogP contribution in [-0.4, -0.2) is 82.7 Å². The van der Waals surface area contributed by atoms with Crippen LogP contribution in [0.4, 0.5) is 0 Å². The fraction of sp³-hybridized carbons (Fsp3) is 0.952. The number of carbonyl (C=O) groups excluding carboxylic acids is 1. The van der Waals surface area contributed by atoms with Gasteiger partial charge in [0.15, 0.2) is 16.6 Å². The molecule has 0 amide bonds. The van der Waals surface area contributed by atoms with E-state index < -0.39 is 50.9 Å². The Bertz CT molecular complexity index is 653. The van der Waals surface area contributed by atoms with Crippen molar-refractivity contribution in [2.24, 2.45) is 0 Å². The van der Waals surface area contributed by atoms with E-state index in [1.165, 1.54) is 0 Å². The van der Waals surface area contributed by atoms with Gasteiger partial charge in [0.1, 0.15) is 5.78 Å². The van der Waals surface area contributed by atoms with Crippen LogP contribution in [0.25, 0.3) is 0 Å². The predicted molar refractivity (Wildman–Crippen MR) is 158 cm³/mol. The van der Waals surface area contributed by atoms with Gasteiger partial charge in [0.05, 0.1) is 19.4 Å². The van der Waals surface area contributed by atoms with Crippen LogP contribution < -0.4 is 0 Å². The summed E-state index contributed by atoms with van der Waals surface area (Å²) >= 11 is 0. The molecule has 0 aromatic rings. The summed E-state index contributed by atoms with van der Waals surface area (Å²) in [7, 11) is -14.7. The summed E-state index contributed by atoms with van der Waals surface area (Å²) in [5.74, 6) is 0.0389. The molecule has 0 spiro atoms. The third-order valence-electron chi connectivity index (χ3n) is 4.11. The van der Waals surface area contributed by atoms with Crippen molar-refractivity contribution in [3.63, 3.8) is 0 Å². The van der Waals surface area contributed by atoms with Crippen molar-refractivity contribution in [2.45, 2.75) is 105 Å². The van der Waals surface area contributed by atoms with E-state index in [4.69, 9.17) is 30.0 Å². The lowest BCUT2D eigenvalue weighted by molar-refractivity contribution is -0.115. The summed E-state index contributed by atoms with van der Waals surface area (Å²) < 4.78 is 44.8. The molecule has 0 bridgehead atoms. The molecule has 0 saturated carbocycles. The highest BCUT2D eigenvalue weighted by atomic mass is 28.5. The minimum Gasteiger partial charge on any atom is -0.437 e. The molecule has 210 valence electrons. The van der Waals surface area contributed by atoms with Gasteiger partial charge in [-0.25, -0.2) is 0 Å². The van der Waals surface area contributed by atoms with E-state index in [1.54, 1.807) is 6.92 Å². The first-order valence-electron chi connectivity index (χ1n) is 12.7. The van der Waals surface area contributed by atoms with Crippen molar-refractivity contribution >= 4 is 56.7 Å². The van der Waals surface area contributed by atoms with Crippen LogP contribution in [0.5, 0.6) is 0 Å². The smallest absolute Gasteiger partial charge is 0.344 e. The Balaban J connectivity index is 5.90. The molecular formula is C21H54O8Si6. The minimum absolute atomic E-state index is 0.0389. The highest BCUT2D eigenvalue weighted by Gasteiger charge is 2.51. The Morgan fingerprint density at radius 3 is 1.40 bits per heavy atom. The van der Waals surface area contributed by atoms with E-state index in [0.29, 0.717) is 26.1 Å². The van der Waals surface area contributed by atoms with Gasteiger partial charge in [-0.2, -0.15) is 0 Å². The Morgan fingerprint density at radius 1 is 0.571 bits per heavy atom. The van der Waals surface area contributed by atoms with E-state index in [2.05, 4.69) is 59.3 Å². The SMILES string of the molecule is CCCOCCOC[Si](C)(O[Si](C)(C)O[Si](C)(C)C)O[Si](C)(CC(C)=O)O[Si](C)(C)O[Si](C)(C)C. The maximum atomic E-state index is 12.3. The van der Waals surface area contributed by atoms with Crippen LogP contribution in [0.3, 0.4) is 0 Å². The van der Waals surface area contributed by atoms with Crippen LogP contribution in [-0.2, 0) is 34.8 Å². The van der Waals surface area contributed by atoms with Gasteiger partial charge in [0.25, 0.3) is 0 Å². The average Bonchev–Trinajstić information content (AvgIpc) is 2.50. The fourth-order valence-corrected chi connectivity index (χ4v) is 32.7. The topological polar surface area (TPSA) is 81.7 Å². The Labute approximate surface area is 222 Å². The van der Waals surface area contributed by atoms with Crippen molar-refractivity contribution in [2.75, 3.05) is 26.1 Å². The monoisotopic (exact) mass is 602 g/mol. The zero-order valence-electron chi connectivity index (χ0n) is 25.0. The molecule has 0 aliphatic carbocycles. The molecule has 0 saturated heterocycles. The number of ketones is 1. The third-order valence-corrected chi connectivity index (χ3v) is 25.7.